The van der Waals surface area contributed by atoms with Crippen molar-refractivity contribution in [3.05, 3.63) is 51.4 Å². The Labute approximate surface area is 157 Å². The van der Waals surface area contributed by atoms with Gasteiger partial charge in [-0.2, -0.15) is 0 Å². The first-order valence-corrected chi connectivity index (χ1v) is 9.46. The van der Waals surface area contributed by atoms with E-state index >= 15 is 0 Å². The molecular formula is C20H24N2O3S. The normalized spacial score (nSPS) is 14.8. The maximum absolute atomic E-state index is 12.6. The van der Waals surface area contributed by atoms with Gasteiger partial charge in [0.1, 0.15) is 5.00 Å². The quantitative estimate of drug-likeness (QED) is 0.855. The first kappa shape index (κ1) is 18.6. The lowest BCUT2D eigenvalue weighted by atomic mass is 9.87. The summed E-state index contributed by atoms with van der Waals surface area (Å²) in [6.45, 7) is 7.90. The van der Waals surface area contributed by atoms with Gasteiger partial charge in [-0.15, -0.1) is 11.3 Å². The summed E-state index contributed by atoms with van der Waals surface area (Å²) in [7, 11) is 2.01. The molecule has 0 saturated heterocycles. The number of thiophene rings is 1. The van der Waals surface area contributed by atoms with Crippen molar-refractivity contribution in [2.75, 3.05) is 18.9 Å². The molecule has 138 valence electrons. The number of likely N-dealkylation sites (N-methyl/N-ethyl adjacent to an activating group) is 1. The number of nitrogens with zero attached hydrogens (tertiary/aromatic N) is 1. The number of benzene rings is 1. The second-order valence-electron chi connectivity index (χ2n) is 7.78. The Kier molecular flexibility index (Phi) is 4.90. The molecule has 2 N–H and O–H groups in total. The van der Waals surface area contributed by atoms with Crippen LogP contribution in [0.2, 0.25) is 0 Å². The first-order valence-electron chi connectivity index (χ1n) is 8.65. The van der Waals surface area contributed by atoms with Gasteiger partial charge < -0.3 is 15.3 Å². The summed E-state index contributed by atoms with van der Waals surface area (Å²) in [6.07, 6.45) is 0.695. The fourth-order valence-electron chi connectivity index (χ4n) is 3.14. The van der Waals surface area contributed by atoms with E-state index in [1.165, 1.54) is 11.3 Å². The molecule has 3 rings (SSSR count). The van der Waals surface area contributed by atoms with Gasteiger partial charge in [-0.1, -0.05) is 32.9 Å². The zero-order valence-electron chi connectivity index (χ0n) is 15.5. The van der Waals surface area contributed by atoms with E-state index in [0.717, 1.165) is 29.1 Å². The van der Waals surface area contributed by atoms with Gasteiger partial charge in [0.05, 0.1) is 5.56 Å². The van der Waals surface area contributed by atoms with Crippen molar-refractivity contribution in [2.45, 2.75) is 39.2 Å². The zero-order chi connectivity index (χ0) is 19.1. The molecule has 1 aromatic carbocycles. The lowest BCUT2D eigenvalue weighted by molar-refractivity contribution is 0.0696. The molecule has 0 aliphatic carbocycles. The van der Waals surface area contributed by atoms with Gasteiger partial charge in [-0.3, -0.25) is 4.79 Å². The van der Waals surface area contributed by atoms with Gasteiger partial charge in [0.25, 0.3) is 5.91 Å². The number of carboxylic acids is 1. The van der Waals surface area contributed by atoms with Gasteiger partial charge in [0, 0.05) is 23.5 Å². The molecular weight excluding hydrogens is 348 g/mol. The number of hydrogen-bond acceptors (Lipinski definition) is 4. The highest BCUT2D eigenvalue weighted by Crippen LogP contribution is 2.37. The van der Waals surface area contributed by atoms with Gasteiger partial charge in [0.15, 0.2) is 0 Å². The molecule has 2 aromatic rings. The number of aromatic carboxylic acids is 1. The molecule has 1 aromatic heterocycles. The Balaban J connectivity index is 1.87. The number of amides is 1. The standard InChI is InChI=1S/C20H24N2O3S/c1-20(2,3)13-7-5-12(6-8-13)17(23)21-18-16(19(24)25)14-9-10-22(4)11-15(14)26-18/h5-8H,9-11H2,1-4H3,(H,21,23)(H,24,25). The molecule has 0 unspecified atom stereocenters. The van der Waals surface area contributed by atoms with Crippen LogP contribution < -0.4 is 5.32 Å². The van der Waals surface area contributed by atoms with Crippen molar-refractivity contribution in [1.82, 2.24) is 4.90 Å². The summed E-state index contributed by atoms with van der Waals surface area (Å²) in [5, 5.41) is 12.9. The fourth-order valence-corrected chi connectivity index (χ4v) is 4.46. The number of rotatable bonds is 3. The Hall–Kier alpha value is -2.18. The summed E-state index contributed by atoms with van der Waals surface area (Å²) < 4.78 is 0. The van der Waals surface area contributed by atoms with E-state index in [-0.39, 0.29) is 16.9 Å². The van der Waals surface area contributed by atoms with Gasteiger partial charge in [0.2, 0.25) is 0 Å². The predicted octanol–water partition coefficient (Wildman–Crippen LogP) is 3.98. The van der Waals surface area contributed by atoms with Crippen LogP contribution in [0.4, 0.5) is 5.00 Å². The monoisotopic (exact) mass is 372 g/mol. The predicted molar refractivity (Wildman–Crippen MR) is 104 cm³/mol. The van der Waals surface area contributed by atoms with Crippen LogP contribution in [0.25, 0.3) is 0 Å². The second-order valence-corrected chi connectivity index (χ2v) is 8.89. The summed E-state index contributed by atoms with van der Waals surface area (Å²) in [5.74, 6) is -1.26. The third-order valence-corrected chi connectivity index (χ3v) is 5.83. The van der Waals surface area contributed by atoms with Crippen molar-refractivity contribution in [2.24, 2.45) is 0 Å². The van der Waals surface area contributed by atoms with Crippen LogP contribution in [-0.4, -0.2) is 35.5 Å². The van der Waals surface area contributed by atoms with Crippen LogP contribution >= 0.6 is 11.3 Å². The minimum Gasteiger partial charge on any atom is -0.478 e. The Bertz CT molecular complexity index is 847. The van der Waals surface area contributed by atoms with Crippen LogP contribution in [0.5, 0.6) is 0 Å². The Morgan fingerprint density at radius 3 is 2.42 bits per heavy atom. The summed E-state index contributed by atoms with van der Waals surface area (Å²) in [5.41, 5.74) is 2.80. The van der Waals surface area contributed by atoms with E-state index in [1.807, 2.05) is 19.2 Å². The molecule has 1 aliphatic heterocycles. The molecule has 26 heavy (non-hydrogen) atoms. The molecule has 6 heteroatoms. The number of nitrogens with one attached hydrogen (secondary N) is 1. The van der Waals surface area contributed by atoms with Gasteiger partial charge >= 0.3 is 5.97 Å². The van der Waals surface area contributed by atoms with Crippen LogP contribution in [0, 0.1) is 0 Å². The van der Waals surface area contributed by atoms with E-state index in [4.69, 9.17) is 0 Å². The number of carbonyl (C=O) groups excluding carboxylic acids is 1. The molecule has 1 amide bonds. The number of carbonyl (C=O) groups is 2. The fraction of sp³-hybridized carbons (Fsp3) is 0.400. The maximum atomic E-state index is 12.6. The largest absolute Gasteiger partial charge is 0.478 e. The van der Waals surface area contributed by atoms with E-state index in [2.05, 4.69) is 31.0 Å². The van der Waals surface area contributed by atoms with Crippen molar-refractivity contribution < 1.29 is 14.7 Å². The van der Waals surface area contributed by atoms with E-state index in [1.54, 1.807) is 12.1 Å². The second kappa shape index (κ2) is 6.85. The molecule has 0 radical (unpaired) electrons. The molecule has 1 aliphatic rings. The number of anilines is 1. The summed E-state index contributed by atoms with van der Waals surface area (Å²) in [6, 6.07) is 7.47. The maximum Gasteiger partial charge on any atom is 0.339 e. The summed E-state index contributed by atoms with van der Waals surface area (Å²) >= 11 is 1.37. The number of carboxylic acid groups (broad SMARTS) is 1. The molecule has 0 fully saturated rings. The lowest BCUT2D eigenvalue weighted by Gasteiger charge is -2.22. The highest BCUT2D eigenvalue weighted by Gasteiger charge is 2.27. The summed E-state index contributed by atoms with van der Waals surface area (Å²) in [4.78, 5) is 27.5. The Morgan fingerprint density at radius 2 is 1.85 bits per heavy atom. The van der Waals surface area contributed by atoms with E-state index < -0.39 is 5.97 Å². The SMILES string of the molecule is CN1CCc2c(sc(NC(=O)c3ccc(C(C)(C)C)cc3)c2C(=O)O)C1. The van der Waals surface area contributed by atoms with Crippen molar-refractivity contribution in [3.8, 4) is 0 Å². The molecule has 0 saturated carbocycles. The third kappa shape index (κ3) is 3.66. The zero-order valence-corrected chi connectivity index (χ0v) is 16.4. The first-order chi connectivity index (χ1) is 12.2. The van der Waals surface area contributed by atoms with Gasteiger partial charge in [-0.25, -0.2) is 4.79 Å². The highest BCUT2D eigenvalue weighted by atomic mass is 32.1. The average Bonchev–Trinajstić information content (AvgIpc) is 2.91. The van der Waals surface area contributed by atoms with E-state index in [0.29, 0.717) is 17.0 Å². The van der Waals surface area contributed by atoms with Crippen LogP contribution in [0.1, 0.15) is 57.5 Å². The third-order valence-electron chi connectivity index (χ3n) is 4.70. The number of fused-ring (bicyclic) bond motifs is 1. The highest BCUT2D eigenvalue weighted by molar-refractivity contribution is 7.17. The van der Waals surface area contributed by atoms with Crippen molar-refractivity contribution in [3.63, 3.8) is 0 Å². The topological polar surface area (TPSA) is 69.6 Å². The van der Waals surface area contributed by atoms with E-state index in [9.17, 15) is 14.7 Å². The molecule has 0 spiro atoms. The average molecular weight is 372 g/mol. The molecule has 0 atom stereocenters. The van der Waals surface area contributed by atoms with Crippen molar-refractivity contribution >= 4 is 28.2 Å². The number of hydrogen-bond donors (Lipinski definition) is 2. The van der Waals surface area contributed by atoms with Crippen LogP contribution in [0.3, 0.4) is 0 Å². The molecule has 2 heterocycles. The van der Waals surface area contributed by atoms with Crippen LogP contribution in [0.15, 0.2) is 24.3 Å². The minimum atomic E-state index is -0.981. The molecule has 0 bridgehead atoms. The minimum absolute atomic E-state index is 0.0182. The molecule has 5 nitrogen and oxygen atoms in total. The van der Waals surface area contributed by atoms with Gasteiger partial charge in [-0.05, 0) is 42.1 Å². The lowest BCUT2D eigenvalue weighted by Crippen LogP contribution is -2.26. The smallest absolute Gasteiger partial charge is 0.339 e. The van der Waals surface area contributed by atoms with Crippen molar-refractivity contribution in [1.29, 1.82) is 0 Å². The van der Waals surface area contributed by atoms with Crippen LogP contribution in [-0.2, 0) is 18.4 Å². The Morgan fingerprint density at radius 1 is 1.19 bits per heavy atom.